The van der Waals surface area contributed by atoms with Crippen LogP contribution in [0.5, 0.6) is 0 Å². The van der Waals surface area contributed by atoms with Crippen LogP contribution in [0.25, 0.3) is 0 Å². The first-order valence-corrected chi connectivity index (χ1v) is 7.37. The Hall–Kier alpha value is -1.11. The number of hydrogen-bond acceptors (Lipinski definition) is 4. The van der Waals surface area contributed by atoms with Gasteiger partial charge >= 0.3 is 0 Å². The van der Waals surface area contributed by atoms with E-state index in [1.165, 1.54) is 13.8 Å². The number of nitrogens with one attached hydrogen (secondary N) is 1. The molecule has 0 aliphatic heterocycles. The number of carbonyl (C=O) groups is 1. The molecule has 5 nitrogen and oxygen atoms in total. The van der Waals surface area contributed by atoms with Gasteiger partial charge in [0.1, 0.15) is 4.75 Å². The van der Waals surface area contributed by atoms with Crippen molar-refractivity contribution < 1.29 is 13.2 Å². The molecular weight excluding hydrogens is 288 g/mol. The zero-order chi connectivity index (χ0) is 14.0. The molecule has 0 spiro atoms. The third-order valence-electron chi connectivity index (χ3n) is 2.92. The molecular formula is C12H19ClN2O3S. The van der Waals surface area contributed by atoms with Gasteiger partial charge in [-0.3, -0.25) is 4.79 Å². The second kappa shape index (κ2) is 6.36. The van der Waals surface area contributed by atoms with E-state index in [1.807, 2.05) is 0 Å². The summed E-state index contributed by atoms with van der Waals surface area (Å²) in [6.07, 6.45) is 1.05. The molecule has 0 saturated heterocycles. The minimum atomic E-state index is -3.47. The number of benzene rings is 1. The van der Waals surface area contributed by atoms with Crippen molar-refractivity contribution in [1.82, 2.24) is 0 Å². The number of anilines is 1. The second-order valence-corrected chi connectivity index (χ2v) is 7.20. The van der Waals surface area contributed by atoms with Crippen LogP contribution in [0.2, 0.25) is 0 Å². The zero-order valence-electron chi connectivity index (χ0n) is 11.1. The Morgan fingerprint density at radius 1 is 1.26 bits per heavy atom. The maximum atomic E-state index is 11.9. The SMILES string of the molecule is CC(C)(C(=O)Nc1ccc(CN)cc1)S(C)(=O)=O.Cl. The second-order valence-electron chi connectivity index (χ2n) is 4.64. The van der Waals surface area contributed by atoms with Gasteiger partial charge in [0.05, 0.1) is 0 Å². The smallest absolute Gasteiger partial charge is 0.245 e. The highest BCUT2D eigenvalue weighted by molar-refractivity contribution is 7.92. The number of halogens is 1. The fraction of sp³-hybridized carbons (Fsp3) is 0.417. The predicted molar refractivity (Wildman–Crippen MR) is 79.1 cm³/mol. The van der Waals surface area contributed by atoms with Crippen molar-refractivity contribution in [3.05, 3.63) is 29.8 Å². The Kier molecular flexibility index (Phi) is 5.99. The summed E-state index contributed by atoms with van der Waals surface area (Å²) >= 11 is 0. The molecule has 7 heteroatoms. The van der Waals surface area contributed by atoms with Gasteiger partial charge in [-0.15, -0.1) is 12.4 Å². The molecule has 1 amide bonds. The van der Waals surface area contributed by atoms with Gasteiger partial charge in [0, 0.05) is 18.5 Å². The molecule has 0 aliphatic rings. The van der Waals surface area contributed by atoms with Gasteiger partial charge in [-0.1, -0.05) is 12.1 Å². The molecule has 1 aromatic rings. The van der Waals surface area contributed by atoms with Crippen LogP contribution in [0.15, 0.2) is 24.3 Å². The summed E-state index contributed by atoms with van der Waals surface area (Å²) in [6.45, 7) is 3.18. The maximum absolute atomic E-state index is 11.9. The van der Waals surface area contributed by atoms with Crippen LogP contribution < -0.4 is 11.1 Å². The van der Waals surface area contributed by atoms with Crippen molar-refractivity contribution in [3.63, 3.8) is 0 Å². The van der Waals surface area contributed by atoms with Gasteiger partial charge in [-0.25, -0.2) is 8.42 Å². The van der Waals surface area contributed by atoms with E-state index in [0.717, 1.165) is 11.8 Å². The van der Waals surface area contributed by atoms with Gasteiger partial charge in [-0.2, -0.15) is 0 Å². The summed E-state index contributed by atoms with van der Waals surface area (Å²) < 4.78 is 21.6. The minimum absolute atomic E-state index is 0. The molecule has 19 heavy (non-hydrogen) atoms. The lowest BCUT2D eigenvalue weighted by Crippen LogP contribution is -2.43. The number of hydrogen-bond donors (Lipinski definition) is 2. The lowest BCUT2D eigenvalue weighted by molar-refractivity contribution is -0.117. The summed E-state index contributed by atoms with van der Waals surface area (Å²) in [6, 6.07) is 6.95. The van der Waals surface area contributed by atoms with Gasteiger partial charge in [0.2, 0.25) is 5.91 Å². The first kappa shape index (κ1) is 17.9. The van der Waals surface area contributed by atoms with E-state index < -0.39 is 20.5 Å². The van der Waals surface area contributed by atoms with Crippen LogP contribution >= 0.6 is 12.4 Å². The Morgan fingerprint density at radius 2 is 1.74 bits per heavy atom. The summed E-state index contributed by atoms with van der Waals surface area (Å²) in [5.74, 6) is -0.550. The summed E-state index contributed by atoms with van der Waals surface area (Å²) in [5.41, 5.74) is 6.95. The van der Waals surface area contributed by atoms with Crippen molar-refractivity contribution in [3.8, 4) is 0 Å². The highest BCUT2D eigenvalue weighted by Gasteiger charge is 2.38. The van der Waals surface area contributed by atoms with Gasteiger partial charge < -0.3 is 11.1 Å². The van der Waals surface area contributed by atoms with Crippen molar-refractivity contribution in [1.29, 1.82) is 0 Å². The molecule has 3 N–H and O–H groups in total. The minimum Gasteiger partial charge on any atom is -0.326 e. The normalized spacial score (nSPS) is 11.6. The monoisotopic (exact) mass is 306 g/mol. The zero-order valence-corrected chi connectivity index (χ0v) is 12.8. The third-order valence-corrected chi connectivity index (χ3v) is 4.96. The molecule has 0 unspecified atom stereocenters. The van der Waals surface area contributed by atoms with Crippen LogP contribution in [0.4, 0.5) is 5.69 Å². The fourth-order valence-corrected chi connectivity index (χ4v) is 1.56. The van der Waals surface area contributed by atoms with E-state index in [1.54, 1.807) is 24.3 Å². The molecule has 0 atom stereocenters. The lowest BCUT2D eigenvalue weighted by atomic mass is 10.1. The van der Waals surface area contributed by atoms with Gasteiger partial charge in [0.25, 0.3) is 0 Å². The molecule has 108 valence electrons. The van der Waals surface area contributed by atoms with Crippen LogP contribution in [0.3, 0.4) is 0 Å². The number of rotatable bonds is 4. The Morgan fingerprint density at radius 3 is 2.11 bits per heavy atom. The molecule has 0 saturated carbocycles. The number of nitrogens with two attached hydrogens (primary N) is 1. The fourth-order valence-electron chi connectivity index (χ4n) is 1.17. The van der Waals surface area contributed by atoms with Crippen LogP contribution in [0.1, 0.15) is 19.4 Å². The van der Waals surface area contributed by atoms with Crippen LogP contribution in [0, 0.1) is 0 Å². The Balaban J connectivity index is 0.00000324. The van der Waals surface area contributed by atoms with E-state index in [4.69, 9.17) is 5.73 Å². The molecule has 0 aromatic heterocycles. The molecule has 0 bridgehead atoms. The molecule has 0 aliphatic carbocycles. The lowest BCUT2D eigenvalue weighted by Gasteiger charge is -2.21. The number of sulfone groups is 1. The predicted octanol–water partition coefficient (Wildman–Crippen LogP) is 1.33. The standard InChI is InChI=1S/C12H18N2O3S.ClH/c1-12(2,18(3,16)17)11(15)14-10-6-4-9(8-13)5-7-10;/h4-7H,8,13H2,1-3H3,(H,14,15);1H. The Bertz CT molecular complexity index is 539. The van der Waals surface area contributed by atoms with Crippen LogP contribution in [-0.2, 0) is 21.2 Å². The summed E-state index contributed by atoms with van der Waals surface area (Å²) in [5, 5.41) is 2.58. The van der Waals surface area contributed by atoms with Crippen molar-refractivity contribution in [2.45, 2.75) is 25.1 Å². The quantitative estimate of drug-likeness (QED) is 0.878. The van der Waals surface area contributed by atoms with E-state index in [9.17, 15) is 13.2 Å². The molecule has 0 radical (unpaired) electrons. The molecule has 1 aromatic carbocycles. The van der Waals surface area contributed by atoms with Crippen molar-refractivity contribution >= 4 is 33.8 Å². The summed E-state index contributed by atoms with van der Waals surface area (Å²) in [4.78, 5) is 11.9. The maximum Gasteiger partial charge on any atom is 0.245 e. The molecule has 0 heterocycles. The van der Waals surface area contributed by atoms with Crippen LogP contribution in [-0.4, -0.2) is 25.3 Å². The molecule has 0 fully saturated rings. The topological polar surface area (TPSA) is 89.3 Å². The van der Waals surface area contributed by atoms with Gasteiger partial charge in [-0.05, 0) is 31.5 Å². The van der Waals surface area contributed by atoms with E-state index in [0.29, 0.717) is 12.2 Å². The van der Waals surface area contributed by atoms with E-state index in [2.05, 4.69) is 5.32 Å². The Labute approximate surface area is 119 Å². The van der Waals surface area contributed by atoms with Gasteiger partial charge in [0.15, 0.2) is 9.84 Å². The number of carbonyl (C=O) groups excluding carboxylic acids is 1. The highest BCUT2D eigenvalue weighted by atomic mass is 35.5. The largest absolute Gasteiger partial charge is 0.326 e. The highest BCUT2D eigenvalue weighted by Crippen LogP contribution is 2.18. The molecule has 1 rings (SSSR count). The van der Waals surface area contributed by atoms with E-state index in [-0.39, 0.29) is 12.4 Å². The average Bonchev–Trinajstić information content (AvgIpc) is 2.28. The van der Waals surface area contributed by atoms with Crippen molar-refractivity contribution in [2.24, 2.45) is 5.73 Å². The first-order chi connectivity index (χ1) is 8.18. The summed E-state index contributed by atoms with van der Waals surface area (Å²) in [7, 11) is -3.47. The number of amides is 1. The average molecular weight is 307 g/mol. The van der Waals surface area contributed by atoms with Crippen molar-refractivity contribution in [2.75, 3.05) is 11.6 Å². The third kappa shape index (κ3) is 4.19. The van der Waals surface area contributed by atoms with E-state index >= 15 is 0 Å². The first-order valence-electron chi connectivity index (χ1n) is 5.48.